The third kappa shape index (κ3) is 4.04. The number of aromatic carboxylic acids is 1. The lowest BCUT2D eigenvalue weighted by Crippen LogP contribution is -2.40. The molecule has 4 atom stereocenters. The number of nitrogens with zero attached hydrogens (tertiary/aromatic N) is 1. The lowest BCUT2D eigenvalue weighted by molar-refractivity contribution is -0.123. The van der Waals surface area contributed by atoms with Crippen molar-refractivity contribution in [3.63, 3.8) is 0 Å². The number of ether oxygens (including phenoxy) is 1. The number of methoxy groups -OCH3 is 1. The lowest BCUT2D eigenvalue weighted by Gasteiger charge is -2.42. The summed E-state index contributed by atoms with van der Waals surface area (Å²) >= 11 is 6.93. The monoisotopic (exact) mass is 695 g/mol. The van der Waals surface area contributed by atoms with Gasteiger partial charge in [-0.15, -0.1) is 0 Å². The summed E-state index contributed by atoms with van der Waals surface area (Å²) in [6.07, 6.45) is 3.53. The van der Waals surface area contributed by atoms with E-state index in [1.54, 1.807) is 13.0 Å². The van der Waals surface area contributed by atoms with E-state index in [0.717, 1.165) is 10.5 Å². The number of rotatable bonds is 4. The molecule has 1 heterocycles. The van der Waals surface area contributed by atoms with Crippen molar-refractivity contribution >= 4 is 66.9 Å². The fourth-order valence-corrected chi connectivity index (χ4v) is 7.70. The van der Waals surface area contributed by atoms with Crippen molar-refractivity contribution in [2.24, 2.45) is 17.8 Å². The van der Waals surface area contributed by atoms with E-state index in [1.165, 1.54) is 37.5 Å². The maximum Gasteiger partial charge on any atom is 0.335 e. The zero-order valence-corrected chi connectivity index (χ0v) is 25.5. The summed E-state index contributed by atoms with van der Waals surface area (Å²) in [7, 11) is 1.40. The predicted molar refractivity (Wildman–Crippen MR) is 157 cm³/mol. The van der Waals surface area contributed by atoms with Gasteiger partial charge in [-0.1, -0.05) is 17.7 Å². The Hall–Kier alpha value is -3.83. The van der Waals surface area contributed by atoms with Crippen molar-refractivity contribution < 1.29 is 38.9 Å². The molecular formula is C31H23Br2NO8. The first-order chi connectivity index (χ1) is 20.0. The van der Waals surface area contributed by atoms with E-state index in [4.69, 9.17) is 4.74 Å². The molecule has 0 bridgehead atoms. The van der Waals surface area contributed by atoms with E-state index < -0.39 is 41.5 Å². The SMILES string of the molecule is COc1cc(C2C3=CCC4C(=O)N(c5cccc(C(=O)O)c5)C(=O)C4C3CC3=C2C(=O)C=C(C)C3=O)c(Br)c(Br)c1O. The van der Waals surface area contributed by atoms with Crippen molar-refractivity contribution in [1.29, 1.82) is 0 Å². The molecule has 42 heavy (non-hydrogen) atoms. The second-order valence-corrected chi connectivity index (χ2v) is 12.3. The molecule has 4 aliphatic rings. The molecule has 3 aliphatic carbocycles. The maximum absolute atomic E-state index is 14.0. The van der Waals surface area contributed by atoms with Gasteiger partial charge in [0.1, 0.15) is 0 Å². The third-order valence-electron chi connectivity index (χ3n) is 8.62. The molecule has 2 amide bonds. The van der Waals surface area contributed by atoms with Gasteiger partial charge in [-0.25, -0.2) is 4.79 Å². The molecule has 4 unspecified atom stereocenters. The molecule has 2 aromatic carbocycles. The number of amides is 2. The zero-order valence-electron chi connectivity index (χ0n) is 22.3. The topological polar surface area (TPSA) is 138 Å². The molecule has 2 N–H and O–H groups in total. The molecule has 0 radical (unpaired) electrons. The third-order valence-corrected chi connectivity index (χ3v) is 10.8. The Morgan fingerprint density at radius 3 is 2.48 bits per heavy atom. The first-order valence-corrected chi connectivity index (χ1v) is 14.7. The molecule has 9 nitrogen and oxygen atoms in total. The normalized spacial score (nSPS) is 25.1. The van der Waals surface area contributed by atoms with Crippen molar-refractivity contribution in [2.75, 3.05) is 12.0 Å². The van der Waals surface area contributed by atoms with E-state index in [2.05, 4.69) is 31.9 Å². The predicted octanol–water partition coefficient (Wildman–Crippen LogP) is 5.26. The fourth-order valence-electron chi connectivity index (χ4n) is 6.75. The number of Topliss-reactive ketones (excluding diaryl/α,β-unsaturated/α-hetero) is 1. The largest absolute Gasteiger partial charge is 0.503 e. The highest BCUT2D eigenvalue weighted by Crippen LogP contribution is 2.57. The summed E-state index contributed by atoms with van der Waals surface area (Å²) in [6.45, 7) is 1.57. The van der Waals surface area contributed by atoms with Gasteiger partial charge in [0, 0.05) is 27.1 Å². The zero-order chi connectivity index (χ0) is 30.2. The number of hydrogen-bond donors (Lipinski definition) is 2. The number of phenolic OH excluding ortho intramolecular Hbond substituents is 1. The molecule has 1 aliphatic heterocycles. The Bertz CT molecular complexity index is 1750. The Morgan fingerprint density at radius 1 is 1.05 bits per heavy atom. The van der Waals surface area contributed by atoms with Gasteiger partial charge >= 0.3 is 5.97 Å². The number of anilines is 1. The van der Waals surface area contributed by atoms with Crippen LogP contribution in [-0.4, -0.2) is 46.7 Å². The van der Waals surface area contributed by atoms with Crippen LogP contribution in [0.4, 0.5) is 5.69 Å². The van der Waals surface area contributed by atoms with Crippen LogP contribution in [0.5, 0.6) is 11.5 Å². The average molecular weight is 697 g/mol. The lowest BCUT2D eigenvalue weighted by atomic mass is 9.59. The van der Waals surface area contributed by atoms with Crippen LogP contribution in [0, 0.1) is 17.8 Å². The standard InChI is InChI=1S/C31H23Br2NO8/c1-12-8-20(35)24-19(27(12)36)10-17-15(22(24)18-11-21(42-2)28(37)26(33)25(18)32)6-7-16-23(17)30(39)34(29(16)38)14-5-3-4-13(9-14)31(40)41/h3-6,8-9,11,16-17,22-23,37H,7,10H2,1-2H3,(H,40,41). The Kier molecular flexibility index (Phi) is 6.85. The van der Waals surface area contributed by atoms with Gasteiger partial charge in [-0.05, 0) is 93.4 Å². The number of imide groups is 1. The first kappa shape index (κ1) is 28.3. The quantitative estimate of drug-likeness (QED) is 0.251. The minimum absolute atomic E-state index is 0.0559. The molecule has 214 valence electrons. The number of carboxylic acids is 1. The number of allylic oxidation sites excluding steroid dienone is 6. The van der Waals surface area contributed by atoms with Gasteiger partial charge in [-0.3, -0.25) is 24.1 Å². The number of benzene rings is 2. The number of aromatic hydroxyl groups is 1. The van der Waals surface area contributed by atoms with E-state index in [0.29, 0.717) is 31.2 Å². The fraction of sp³-hybridized carbons (Fsp3) is 0.258. The summed E-state index contributed by atoms with van der Waals surface area (Å²) in [5.41, 5.74) is 2.29. The highest BCUT2D eigenvalue weighted by molar-refractivity contribution is 9.13. The molecule has 2 aromatic rings. The van der Waals surface area contributed by atoms with Crippen LogP contribution < -0.4 is 9.64 Å². The first-order valence-electron chi connectivity index (χ1n) is 13.1. The Morgan fingerprint density at radius 2 is 1.79 bits per heavy atom. The van der Waals surface area contributed by atoms with Gasteiger partial charge < -0.3 is 14.9 Å². The average Bonchev–Trinajstić information content (AvgIpc) is 3.23. The van der Waals surface area contributed by atoms with Crippen LogP contribution in [0.2, 0.25) is 0 Å². The van der Waals surface area contributed by atoms with E-state index in [9.17, 15) is 34.2 Å². The molecule has 1 fully saturated rings. The molecular weight excluding hydrogens is 674 g/mol. The molecule has 6 rings (SSSR count). The maximum atomic E-state index is 14.0. The van der Waals surface area contributed by atoms with Crippen LogP contribution in [0.15, 0.2) is 73.7 Å². The number of carbonyl (C=O) groups excluding carboxylic acids is 4. The summed E-state index contributed by atoms with van der Waals surface area (Å²) in [5, 5.41) is 20.0. The second-order valence-electron chi connectivity index (χ2n) is 10.7. The van der Waals surface area contributed by atoms with Crippen LogP contribution in [0.25, 0.3) is 0 Å². The number of carboxylic acid groups (broad SMARTS) is 1. The highest BCUT2D eigenvalue weighted by Gasteiger charge is 2.57. The number of halogens is 2. The molecule has 0 saturated carbocycles. The minimum Gasteiger partial charge on any atom is -0.503 e. The summed E-state index contributed by atoms with van der Waals surface area (Å²) in [5.74, 6) is -5.57. The van der Waals surface area contributed by atoms with Crippen LogP contribution in [0.1, 0.15) is 41.6 Å². The molecule has 0 aromatic heterocycles. The Labute approximate surface area is 256 Å². The molecule has 1 saturated heterocycles. The number of phenols is 1. The Balaban J connectivity index is 1.52. The van der Waals surface area contributed by atoms with Crippen molar-refractivity contribution in [1.82, 2.24) is 0 Å². The van der Waals surface area contributed by atoms with Gasteiger partial charge in [0.2, 0.25) is 11.8 Å². The van der Waals surface area contributed by atoms with Crippen molar-refractivity contribution in [3.8, 4) is 11.5 Å². The van der Waals surface area contributed by atoms with Gasteiger partial charge in [0.25, 0.3) is 0 Å². The number of hydrogen-bond acceptors (Lipinski definition) is 7. The number of ketones is 2. The minimum atomic E-state index is -1.18. The summed E-state index contributed by atoms with van der Waals surface area (Å²) in [4.78, 5) is 67.4. The van der Waals surface area contributed by atoms with E-state index in [1.807, 2.05) is 6.08 Å². The summed E-state index contributed by atoms with van der Waals surface area (Å²) < 4.78 is 6.14. The summed E-state index contributed by atoms with van der Waals surface area (Å²) in [6, 6.07) is 7.28. The smallest absolute Gasteiger partial charge is 0.335 e. The second kappa shape index (κ2) is 10.2. The van der Waals surface area contributed by atoms with Crippen LogP contribution in [0.3, 0.4) is 0 Å². The van der Waals surface area contributed by atoms with E-state index in [-0.39, 0.29) is 47.2 Å². The number of fused-ring (bicyclic) bond motifs is 3. The van der Waals surface area contributed by atoms with Crippen LogP contribution >= 0.6 is 31.9 Å². The van der Waals surface area contributed by atoms with Crippen LogP contribution in [-0.2, 0) is 19.2 Å². The molecule has 0 spiro atoms. The van der Waals surface area contributed by atoms with E-state index >= 15 is 0 Å². The van der Waals surface area contributed by atoms with Crippen molar-refractivity contribution in [2.45, 2.75) is 25.7 Å². The molecule has 11 heteroatoms. The van der Waals surface area contributed by atoms with Gasteiger partial charge in [0.05, 0.1) is 34.7 Å². The highest BCUT2D eigenvalue weighted by atomic mass is 79.9. The van der Waals surface area contributed by atoms with Crippen molar-refractivity contribution in [3.05, 3.63) is 84.8 Å². The number of carbonyl (C=O) groups is 5. The van der Waals surface area contributed by atoms with Gasteiger partial charge in [0.15, 0.2) is 23.1 Å². The van der Waals surface area contributed by atoms with Gasteiger partial charge in [-0.2, -0.15) is 0 Å².